The van der Waals surface area contributed by atoms with Gasteiger partial charge in [-0.25, -0.2) is 0 Å². The third-order valence-electron chi connectivity index (χ3n) is 2.44. The lowest BCUT2D eigenvalue weighted by molar-refractivity contribution is -0.162. The van der Waals surface area contributed by atoms with Crippen molar-refractivity contribution < 1.29 is 19.4 Å². The third-order valence-corrected chi connectivity index (χ3v) is 2.44. The number of esters is 1. The Morgan fingerprint density at radius 3 is 2.53 bits per heavy atom. The van der Waals surface area contributed by atoms with Gasteiger partial charge in [0.1, 0.15) is 12.1 Å². The molecule has 5 nitrogen and oxygen atoms in total. The first-order valence-corrected chi connectivity index (χ1v) is 5.25. The smallest absolute Gasteiger partial charge is 0.325 e. The molecule has 0 radical (unpaired) electrons. The molecular weight excluding hydrogens is 198 g/mol. The fourth-order valence-electron chi connectivity index (χ4n) is 1.77. The van der Waals surface area contributed by atoms with Crippen LogP contribution in [0, 0.1) is 0 Å². The van der Waals surface area contributed by atoms with Gasteiger partial charge in [-0.15, -0.1) is 0 Å². The highest BCUT2D eigenvalue weighted by atomic mass is 16.6. The zero-order chi connectivity index (χ0) is 11.4. The lowest BCUT2D eigenvalue weighted by Crippen LogP contribution is -2.41. The Morgan fingerprint density at radius 2 is 2.07 bits per heavy atom. The molecule has 1 aliphatic rings. The van der Waals surface area contributed by atoms with Crippen LogP contribution in [0.5, 0.6) is 0 Å². The summed E-state index contributed by atoms with van der Waals surface area (Å²) in [5, 5.41) is 8.69. The van der Waals surface area contributed by atoms with E-state index in [9.17, 15) is 4.79 Å². The van der Waals surface area contributed by atoms with Crippen molar-refractivity contribution in [3.8, 4) is 0 Å². The summed E-state index contributed by atoms with van der Waals surface area (Å²) in [6.07, 6.45) is 1.42. The van der Waals surface area contributed by atoms with Gasteiger partial charge in [0.15, 0.2) is 0 Å². The largest absolute Gasteiger partial charge is 0.461 e. The Labute approximate surface area is 89.5 Å². The van der Waals surface area contributed by atoms with E-state index in [4.69, 9.17) is 20.3 Å². The molecule has 0 aromatic rings. The molecule has 15 heavy (non-hydrogen) atoms. The van der Waals surface area contributed by atoms with Crippen molar-refractivity contribution in [1.29, 1.82) is 0 Å². The zero-order valence-corrected chi connectivity index (χ0v) is 9.18. The van der Waals surface area contributed by atoms with Gasteiger partial charge in [0.05, 0.1) is 18.8 Å². The van der Waals surface area contributed by atoms with Crippen LogP contribution < -0.4 is 5.73 Å². The van der Waals surface area contributed by atoms with Crippen molar-refractivity contribution in [2.75, 3.05) is 6.61 Å². The molecule has 0 saturated carbocycles. The second-order valence-electron chi connectivity index (χ2n) is 4.08. The summed E-state index contributed by atoms with van der Waals surface area (Å²) in [5.41, 5.74) is 5.35. The highest BCUT2D eigenvalue weighted by Crippen LogP contribution is 2.21. The van der Waals surface area contributed by atoms with Gasteiger partial charge in [0, 0.05) is 12.8 Å². The number of hydrogen-bond acceptors (Lipinski definition) is 5. The Kier molecular flexibility index (Phi) is 4.50. The van der Waals surface area contributed by atoms with E-state index in [-0.39, 0.29) is 24.9 Å². The summed E-state index contributed by atoms with van der Waals surface area (Å²) in [7, 11) is 0. The van der Waals surface area contributed by atoms with Gasteiger partial charge in [0.25, 0.3) is 0 Å². The number of carbonyl (C=O) groups excluding carboxylic acids is 1. The van der Waals surface area contributed by atoms with Gasteiger partial charge in [0.2, 0.25) is 0 Å². The monoisotopic (exact) mass is 217 g/mol. The number of hydrogen-bond donors (Lipinski definition) is 2. The van der Waals surface area contributed by atoms with Gasteiger partial charge in [-0.05, 0) is 13.8 Å². The van der Waals surface area contributed by atoms with Crippen LogP contribution in [0.4, 0.5) is 0 Å². The van der Waals surface area contributed by atoms with E-state index in [1.165, 1.54) is 0 Å². The van der Waals surface area contributed by atoms with Crippen LogP contribution in [0.15, 0.2) is 0 Å². The number of nitrogens with two attached hydrogens (primary N) is 1. The van der Waals surface area contributed by atoms with Gasteiger partial charge < -0.3 is 20.3 Å². The van der Waals surface area contributed by atoms with E-state index in [1.807, 2.05) is 13.8 Å². The molecule has 0 amide bonds. The Hall–Kier alpha value is -0.650. The number of rotatable bonds is 3. The highest BCUT2D eigenvalue weighted by molar-refractivity contribution is 5.75. The normalized spacial score (nSPS) is 33.5. The van der Waals surface area contributed by atoms with Crippen molar-refractivity contribution in [2.24, 2.45) is 5.73 Å². The second-order valence-corrected chi connectivity index (χ2v) is 4.08. The van der Waals surface area contributed by atoms with Gasteiger partial charge >= 0.3 is 5.97 Å². The maximum absolute atomic E-state index is 11.3. The molecule has 0 aliphatic carbocycles. The minimum absolute atomic E-state index is 0.0944. The number of aliphatic hydroxyl groups excluding tert-OH is 1. The zero-order valence-electron chi connectivity index (χ0n) is 9.18. The molecule has 1 saturated heterocycles. The highest BCUT2D eigenvalue weighted by Gasteiger charge is 2.28. The minimum Gasteiger partial charge on any atom is -0.461 e. The molecule has 1 rings (SSSR count). The molecule has 0 bridgehead atoms. The van der Waals surface area contributed by atoms with E-state index >= 15 is 0 Å². The van der Waals surface area contributed by atoms with E-state index in [0.29, 0.717) is 12.8 Å². The Bertz CT molecular complexity index is 211. The van der Waals surface area contributed by atoms with Crippen LogP contribution in [0.2, 0.25) is 0 Å². The molecule has 1 heterocycles. The average molecular weight is 217 g/mol. The average Bonchev–Trinajstić information content (AvgIpc) is 2.14. The first kappa shape index (κ1) is 12.4. The Balaban J connectivity index is 2.40. The van der Waals surface area contributed by atoms with E-state index in [1.54, 1.807) is 0 Å². The summed E-state index contributed by atoms with van der Waals surface area (Å²) < 4.78 is 10.7. The first-order valence-electron chi connectivity index (χ1n) is 5.25. The van der Waals surface area contributed by atoms with Crippen molar-refractivity contribution in [1.82, 2.24) is 0 Å². The summed E-state index contributed by atoms with van der Waals surface area (Å²) >= 11 is 0. The summed E-state index contributed by atoms with van der Waals surface area (Å²) in [6, 6.07) is -0.932. The van der Waals surface area contributed by atoms with E-state index < -0.39 is 12.0 Å². The molecule has 3 N–H and O–H groups in total. The fraction of sp³-hybridized carbons (Fsp3) is 0.900. The lowest BCUT2D eigenvalue weighted by Gasteiger charge is -2.32. The lowest BCUT2D eigenvalue weighted by atomic mass is 10.0. The number of aliphatic hydroxyl groups is 1. The van der Waals surface area contributed by atoms with E-state index in [2.05, 4.69) is 0 Å². The van der Waals surface area contributed by atoms with Crippen LogP contribution in [0.1, 0.15) is 26.7 Å². The van der Waals surface area contributed by atoms with Crippen molar-refractivity contribution in [3.05, 3.63) is 0 Å². The van der Waals surface area contributed by atoms with Crippen LogP contribution in [0.3, 0.4) is 0 Å². The summed E-state index contributed by atoms with van der Waals surface area (Å²) in [4.78, 5) is 11.3. The van der Waals surface area contributed by atoms with Crippen LogP contribution in [-0.2, 0) is 14.3 Å². The number of carbonyl (C=O) groups is 1. The SMILES string of the molecule is CC1CC(OC(=O)[C@H](N)CO)CC(C)O1. The Morgan fingerprint density at radius 1 is 1.53 bits per heavy atom. The molecule has 88 valence electrons. The van der Waals surface area contributed by atoms with Crippen LogP contribution in [-0.4, -0.2) is 42.0 Å². The van der Waals surface area contributed by atoms with Crippen molar-refractivity contribution in [2.45, 2.75) is 51.0 Å². The predicted octanol–water partition coefficient (Wildman–Crippen LogP) is -0.195. The first-order chi connectivity index (χ1) is 7.02. The minimum atomic E-state index is -0.932. The quantitative estimate of drug-likeness (QED) is 0.640. The molecule has 3 atom stereocenters. The molecular formula is C10H19NO4. The standard InChI is InChI=1S/C10H19NO4/c1-6-3-8(4-7(2)14-6)15-10(13)9(11)5-12/h6-9,12H,3-5,11H2,1-2H3/t6?,7?,8?,9-/m1/s1. The topological polar surface area (TPSA) is 81.8 Å². The molecule has 2 unspecified atom stereocenters. The second kappa shape index (κ2) is 5.44. The molecule has 1 aliphatic heterocycles. The molecule has 0 spiro atoms. The number of ether oxygens (including phenoxy) is 2. The van der Waals surface area contributed by atoms with Gasteiger partial charge in [-0.3, -0.25) is 4.79 Å². The van der Waals surface area contributed by atoms with Crippen molar-refractivity contribution >= 4 is 5.97 Å². The van der Waals surface area contributed by atoms with Crippen LogP contribution in [0.25, 0.3) is 0 Å². The van der Waals surface area contributed by atoms with Crippen molar-refractivity contribution in [3.63, 3.8) is 0 Å². The third kappa shape index (κ3) is 3.77. The van der Waals surface area contributed by atoms with Gasteiger partial charge in [-0.1, -0.05) is 0 Å². The van der Waals surface area contributed by atoms with Gasteiger partial charge in [-0.2, -0.15) is 0 Å². The predicted molar refractivity (Wildman–Crippen MR) is 54.2 cm³/mol. The molecule has 5 heteroatoms. The maximum Gasteiger partial charge on any atom is 0.325 e. The molecule has 0 aromatic carbocycles. The summed E-state index contributed by atoms with van der Waals surface area (Å²) in [6.45, 7) is 3.51. The maximum atomic E-state index is 11.3. The van der Waals surface area contributed by atoms with Crippen LogP contribution >= 0.6 is 0 Å². The molecule has 1 fully saturated rings. The fourth-order valence-corrected chi connectivity index (χ4v) is 1.77. The molecule has 0 aromatic heterocycles. The summed E-state index contributed by atoms with van der Waals surface area (Å²) in [5.74, 6) is -0.538. The van der Waals surface area contributed by atoms with E-state index in [0.717, 1.165) is 0 Å².